The van der Waals surface area contributed by atoms with Gasteiger partial charge >= 0.3 is 5.97 Å². The van der Waals surface area contributed by atoms with Gasteiger partial charge in [0.2, 0.25) is 0 Å². The second-order valence-electron chi connectivity index (χ2n) is 7.01. The molecule has 0 saturated heterocycles. The predicted octanol–water partition coefficient (Wildman–Crippen LogP) is 6.06. The molecule has 0 heterocycles. The number of unbranched alkanes of at least 4 members (excludes halogenated alkanes) is 9. The van der Waals surface area contributed by atoms with Gasteiger partial charge in [0.05, 0.1) is 0 Å². The van der Waals surface area contributed by atoms with Gasteiger partial charge in [0.25, 0.3) is 0 Å². The summed E-state index contributed by atoms with van der Waals surface area (Å²) in [5.41, 5.74) is 2.35. The second kappa shape index (κ2) is 13.7. The summed E-state index contributed by atoms with van der Waals surface area (Å²) in [6.45, 7) is 5.03. The van der Waals surface area contributed by atoms with Crippen LogP contribution in [-0.2, 0) is 11.2 Å². The van der Waals surface area contributed by atoms with Crippen LogP contribution in [-0.4, -0.2) is 24.2 Å². The van der Waals surface area contributed by atoms with E-state index in [4.69, 9.17) is 5.11 Å². The minimum Gasteiger partial charge on any atom is -0.480 e. The molecule has 0 unspecified atom stereocenters. The van der Waals surface area contributed by atoms with E-state index in [2.05, 4.69) is 31.2 Å². The summed E-state index contributed by atoms with van der Waals surface area (Å²) < 4.78 is 0. The van der Waals surface area contributed by atoms with E-state index in [1.54, 1.807) is 0 Å². The molecule has 0 bridgehead atoms. The zero-order valence-electron chi connectivity index (χ0n) is 16.3. The van der Waals surface area contributed by atoms with Crippen LogP contribution in [0.3, 0.4) is 0 Å². The monoisotopic (exact) mass is 347 g/mol. The number of carboxylic acid groups (broad SMARTS) is 1. The summed E-state index contributed by atoms with van der Waals surface area (Å²) >= 11 is 0. The van der Waals surface area contributed by atoms with Crippen LogP contribution >= 0.6 is 0 Å². The molecule has 0 saturated carbocycles. The van der Waals surface area contributed by atoms with Crippen LogP contribution in [0.1, 0.15) is 83.6 Å². The molecule has 3 nitrogen and oxygen atoms in total. The van der Waals surface area contributed by atoms with Crippen LogP contribution in [0.2, 0.25) is 0 Å². The average molecular weight is 348 g/mol. The Kier molecular flexibility index (Phi) is 11.8. The summed E-state index contributed by atoms with van der Waals surface area (Å²) in [5, 5.41) is 8.95. The van der Waals surface area contributed by atoms with Gasteiger partial charge < -0.3 is 10.0 Å². The van der Waals surface area contributed by atoms with E-state index >= 15 is 0 Å². The highest BCUT2D eigenvalue weighted by molar-refractivity contribution is 5.73. The van der Waals surface area contributed by atoms with Gasteiger partial charge in [-0.15, -0.1) is 0 Å². The number of rotatable bonds is 15. The van der Waals surface area contributed by atoms with Crippen molar-refractivity contribution in [2.24, 2.45) is 0 Å². The molecule has 0 aromatic heterocycles. The summed E-state index contributed by atoms with van der Waals surface area (Å²) in [7, 11) is 0. The summed E-state index contributed by atoms with van der Waals surface area (Å²) in [5.74, 6) is -0.781. The average Bonchev–Trinajstić information content (AvgIpc) is 2.61. The Morgan fingerprint density at radius 2 is 1.36 bits per heavy atom. The lowest BCUT2D eigenvalue weighted by Crippen LogP contribution is -2.29. The molecule has 0 fully saturated rings. The van der Waals surface area contributed by atoms with Crippen LogP contribution in [0.25, 0.3) is 0 Å². The lowest BCUT2D eigenvalue weighted by atomic mass is 10.0. The minimum absolute atomic E-state index is 0.0638. The van der Waals surface area contributed by atoms with Crippen molar-refractivity contribution in [2.45, 2.75) is 84.5 Å². The number of hydrogen-bond donors (Lipinski definition) is 1. The number of hydrogen-bond acceptors (Lipinski definition) is 2. The predicted molar refractivity (Wildman–Crippen MR) is 108 cm³/mol. The standard InChI is InChI=1S/C22H37NO2/c1-3-5-6-7-8-9-10-11-12-13-14-20-15-17-21(18-16-20)23(4-2)19-22(24)25/h15-18H,3-14,19H2,1-2H3,(H,24,25). The fourth-order valence-electron chi connectivity index (χ4n) is 3.24. The SMILES string of the molecule is CCCCCCCCCCCCc1ccc(N(CC)CC(=O)O)cc1. The number of benzene rings is 1. The number of nitrogens with zero attached hydrogens (tertiary/aromatic N) is 1. The Balaban J connectivity index is 2.14. The van der Waals surface area contributed by atoms with Crippen molar-refractivity contribution in [3.63, 3.8) is 0 Å². The summed E-state index contributed by atoms with van der Waals surface area (Å²) in [6, 6.07) is 8.40. The second-order valence-corrected chi connectivity index (χ2v) is 7.01. The number of carbonyl (C=O) groups is 1. The van der Waals surface area contributed by atoms with Crippen molar-refractivity contribution in [3.05, 3.63) is 29.8 Å². The maximum Gasteiger partial charge on any atom is 0.323 e. The molecule has 0 amide bonds. The van der Waals surface area contributed by atoms with Gasteiger partial charge in [-0.3, -0.25) is 4.79 Å². The third-order valence-corrected chi connectivity index (χ3v) is 4.83. The van der Waals surface area contributed by atoms with Crippen LogP contribution in [0, 0.1) is 0 Å². The largest absolute Gasteiger partial charge is 0.480 e. The molecule has 0 atom stereocenters. The highest BCUT2D eigenvalue weighted by Crippen LogP contribution is 2.17. The lowest BCUT2D eigenvalue weighted by Gasteiger charge is -2.21. The lowest BCUT2D eigenvalue weighted by molar-refractivity contribution is -0.135. The van der Waals surface area contributed by atoms with Crippen LogP contribution in [0.5, 0.6) is 0 Å². The highest BCUT2D eigenvalue weighted by Gasteiger charge is 2.08. The van der Waals surface area contributed by atoms with Crippen LogP contribution in [0.4, 0.5) is 5.69 Å². The molecule has 25 heavy (non-hydrogen) atoms. The molecular weight excluding hydrogens is 310 g/mol. The number of anilines is 1. The highest BCUT2D eigenvalue weighted by atomic mass is 16.4. The first-order valence-electron chi connectivity index (χ1n) is 10.2. The fourth-order valence-corrected chi connectivity index (χ4v) is 3.24. The van der Waals surface area contributed by atoms with Gasteiger partial charge in [0.1, 0.15) is 6.54 Å². The van der Waals surface area contributed by atoms with Crippen molar-refractivity contribution < 1.29 is 9.90 Å². The molecule has 1 aromatic carbocycles. The molecule has 0 spiro atoms. The van der Waals surface area contributed by atoms with E-state index in [0.29, 0.717) is 6.54 Å². The molecule has 3 heteroatoms. The number of aryl methyl sites for hydroxylation is 1. The first-order chi connectivity index (χ1) is 12.2. The van der Waals surface area contributed by atoms with E-state index in [1.807, 2.05) is 11.8 Å². The van der Waals surface area contributed by atoms with Crippen molar-refractivity contribution in [1.82, 2.24) is 0 Å². The molecule has 1 rings (SSSR count). The summed E-state index contributed by atoms with van der Waals surface area (Å²) in [6.07, 6.45) is 14.8. The Morgan fingerprint density at radius 1 is 0.840 bits per heavy atom. The van der Waals surface area contributed by atoms with Gasteiger partial charge in [-0.05, 0) is 37.5 Å². The molecule has 1 aromatic rings. The molecule has 0 aliphatic heterocycles. The van der Waals surface area contributed by atoms with Crippen LogP contribution < -0.4 is 4.90 Å². The first-order valence-corrected chi connectivity index (χ1v) is 10.2. The Labute approximate surface area is 154 Å². The molecule has 0 aliphatic rings. The number of carboxylic acids is 1. The zero-order valence-corrected chi connectivity index (χ0v) is 16.3. The smallest absolute Gasteiger partial charge is 0.323 e. The van der Waals surface area contributed by atoms with Gasteiger partial charge in [-0.1, -0.05) is 76.8 Å². The Morgan fingerprint density at radius 3 is 1.84 bits per heavy atom. The maximum atomic E-state index is 10.9. The first kappa shape index (κ1) is 21.5. The van der Waals surface area contributed by atoms with Gasteiger partial charge in [-0.2, -0.15) is 0 Å². The molecule has 0 radical (unpaired) electrons. The quantitative estimate of drug-likeness (QED) is 0.392. The van der Waals surface area contributed by atoms with Crippen molar-refractivity contribution in [1.29, 1.82) is 0 Å². The van der Waals surface area contributed by atoms with Crippen molar-refractivity contribution >= 4 is 11.7 Å². The maximum absolute atomic E-state index is 10.9. The Hall–Kier alpha value is -1.51. The van der Waals surface area contributed by atoms with Gasteiger partial charge in [0.15, 0.2) is 0 Å². The normalized spacial score (nSPS) is 10.8. The van der Waals surface area contributed by atoms with E-state index < -0.39 is 5.97 Å². The molecule has 142 valence electrons. The van der Waals surface area contributed by atoms with Crippen LogP contribution in [0.15, 0.2) is 24.3 Å². The summed E-state index contributed by atoms with van der Waals surface area (Å²) in [4.78, 5) is 12.8. The minimum atomic E-state index is -0.781. The molecular formula is C22H37NO2. The van der Waals surface area contributed by atoms with Gasteiger partial charge in [0, 0.05) is 12.2 Å². The molecule has 0 aliphatic carbocycles. The fraction of sp³-hybridized carbons (Fsp3) is 0.682. The van der Waals surface area contributed by atoms with E-state index in [9.17, 15) is 4.79 Å². The third kappa shape index (κ3) is 10.2. The zero-order chi connectivity index (χ0) is 18.3. The van der Waals surface area contributed by atoms with E-state index in [-0.39, 0.29) is 6.54 Å². The topological polar surface area (TPSA) is 40.5 Å². The van der Waals surface area contributed by atoms with E-state index in [1.165, 1.54) is 69.8 Å². The van der Waals surface area contributed by atoms with Gasteiger partial charge in [-0.25, -0.2) is 0 Å². The van der Waals surface area contributed by atoms with Crippen molar-refractivity contribution in [2.75, 3.05) is 18.0 Å². The van der Waals surface area contributed by atoms with Crippen molar-refractivity contribution in [3.8, 4) is 0 Å². The number of likely N-dealkylation sites (N-methyl/N-ethyl adjacent to an activating group) is 1. The van der Waals surface area contributed by atoms with E-state index in [0.717, 1.165) is 12.1 Å². The number of aliphatic carboxylic acids is 1. The Bertz CT molecular complexity index is 456. The third-order valence-electron chi connectivity index (χ3n) is 4.83. The molecule has 1 N–H and O–H groups in total.